The Balaban J connectivity index is 2.18. The molecule has 13 heavy (non-hydrogen) atoms. The fourth-order valence-corrected chi connectivity index (χ4v) is 3.21. The van der Waals surface area contributed by atoms with E-state index < -0.39 is 0 Å². The lowest BCUT2D eigenvalue weighted by molar-refractivity contribution is 0.260. The van der Waals surface area contributed by atoms with E-state index in [1.54, 1.807) is 0 Å². The first kappa shape index (κ1) is 11.4. The normalized spacial score (nSPS) is 21.7. The zero-order chi connectivity index (χ0) is 9.52. The minimum atomic E-state index is 0.370. The molecule has 0 aromatic heterocycles. The summed E-state index contributed by atoms with van der Waals surface area (Å²) in [4.78, 5) is 0. The number of aliphatic hydroxyl groups is 1. The highest BCUT2D eigenvalue weighted by atomic mass is 32.2. The van der Waals surface area contributed by atoms with Crippen LogP contribution >= 0.6 is 11.8 Å². The van der Waals surface area contributed by atoms with Crippen LogP contribution in [0.1, 0.15) is 45.4 Å². The molecule has 1 saturated carbocycles. The molecule has 0 heterocycles. The zero-order valence-corrected chi connectivity index (χ0v) is 9.48. The summed E-state index contributed by atoms with van der Waals surface area (Å²) in [6, 6.07) is 0. The van der Waals surface area contributed by atoms with E-state index in [1.165, 1.54) is 38.5 Å². The molecule has 1 N–H and O–H groups in total. The van der Waals surface area contributed by atoms with Gasteiger partial charge in [-0.3, -0.25) is 0 Å². The molecule has 0 aromatic carbocycles. The number of hydrogen-bond donors (Lipinski definition) is 1. The zero-order valence-electron chi connectivity index (χ0n) is 8.67. The molecular formula is C11H22OS. The van der Waals surface area contributed by atoms with Crippen molar-refractivity contribution in [3.05, 3.63) is 0 Å². The van der Waals surface area contributed by atoms with E-state index in [9.17, 15) is 0 Å². The van der Waals surface area contributed by atoms with Gasteiger partial charge in [-0.05, 0) is 18.1 Å². The highest BCUT2D eigenvalue weighted by Gasteiger charge is 2.18. The highest BCUT2D eigenvalue weighted by molar-refractivity contribution is 7.99. The minimum absolute atomic E-state index is 0.370. The Morgan fingerprint density at radius 3 is 2.54 bits per heavy atom. The maximum absolute atomic E-state index is 9.17. The van der Waals surface area contributed by atoms with E-state index in [4.69, 9.17) is 5.11 Å². The van der Waals surface area contributed by atoms with E-state index in [0.717, 1.165) is 11.7 Å². The highest BCUT2D eigenvalue weighted by Crippen LogP contribution is 2.30. The Kier molecular flexibility index (Phi) is 5.88. The Morgan fingerprint density at radius 1 is 1.31 bits per heavy atom. The van der Waals surface area contributed by atoms with Gasteiger partial charge in [-0.2, -0.15) is 11.8 Å². The molecule has 1 unspecified atom stereocenters. The van der Waals surface area contributed by atoms with Crippen molar-refractivity contribution in [2.75, 3.05) is 12.4 Å². The van der Waals surface area contributed by atoms with Gasteiger partial charge in [0, 0.05) is 5.25 Å². The third kappa shape index (κ3) is 4.37. The van der Waals surface area contributed by atoms with Crippen LogP contribution in [0.25, 0.3) is 0 Å². The van der Waals surface area contributed by atoms with E-state index in [-0.39, 0.29) is 0 Å². The maximum atomic E-state index is 9.17. The van der Waals surface area contributed by atoms with Crippen LogP contribution in [-0.2, 0) is 0 Å². The molecule has 0 aromatic rings. The number of thioether (sulfide) groups is 1. The lowest BCUT2D eigenvalue weighted by atomic mass is 9.86. The van der Waals surface area contributed by atoms with Crippen molar-refractivity contribution in [1.29, 1.82) is 0 Å². The molecule has 78 valence electrons. The maximum Gasteiger partial charge on any atom is 0.0550 e. The number of aliphatic hydroxyl groups excluding tert-OH is 1. The summed E-state index contributed by atoms with van der Waals surface area (Å²) < 4.78 is 0. The van der Waals surface area contributed by atoms with Crippen molar-refractivity contribution in [3.8, 4) is 0 Å². The average molecular weight is 202 g/mol. The summed E-state index contributed by atoms with van der Waals surface area (Å²) in [6.45, 7) is 2.54. The van der Waals surface area contributed by atoms with Crippen LogP contribution in [0.4, 0.5) is 0 Å². The lowest BCUT2D eigenvalue weighted by Crippen LogP contribution is -2.17. The van der Waals surface area contributed by atoms with Crippen molar-refractivity contribution in [2.24, 2.45) is 5.92 Å². The van der Waals surface area contributed by atoms with Crippen molar-refractivity contribution >= 4 is 11.8 Å². The second-order valence-corrected chi connectivity index (χ2v) is 5.58. The predicted molar refractivity (Wildman–Crippen MR) is 60.2 cm³/mol. The summed E-state index contributed by atoms with van der Waals surface area (Å²) in [5, 5.41) is 9.67. The van der Waals surface area contributed by atoms with Gasteiger partial charge in [0.25, 0.3) is 0 Å². The van der Waals surface area contributed by atoms with Crippen molar-refractivity contribution in [2.45, 2.75) is 50.7 Å². The first-order chi connectivity index (χ1) is 6.36. The number of rotatable bonds is 5. The van der Waals surface area contributed by atoms with E-state index in [2.05, 4.69) is 6.92 Å². The molecule has 0 radical (unpaired) electrons. The second kappa shape index (κ2) is 6.72. The molecule has 1 atom stereocenters. The van der Waals surface area contributed by atoms with Gasteiger partial charge in [0.2, 0.25) is 0 Å². The van der Waals surface area contributed by atoms with Gasteiger partial charge in [-0.15, -0.1) is 0 Å². The summed E-state index contributed by atoms with van der Waals surface area (Å²) in [5.74, 6) is 2.04. The van der Waals surface area contributed by atoms with Crippen molar-refractivity contribution < 1.29 is 5.11 Å². The van der Waals surface area contributed by atoms with Gasteiger partial charge in [0.1, 0.15) is 0 Å². The van der Waals surface area contributed by atoms with Gasteiger partial charge < -0.3 is 5.11 Å². The summed E-state index contributed by atoms with van der Waals surface area (Å²) in [5.41, 5.74) is 0. The van der Waals surface area contributed by atoms with Crippen molar-refractivity contribution in [3.63, 3.8) is 0 Å². The van der Waals surface area contributed by atoms with Crippen LogP contribution < -0.4 is 0 Å². The molecule has 0 bridgehead atoms. The standard InChI is InChI=1S/C11H22OS/c1-2-13-11(9-12)8-10-6-4-3-5-7-10/h10-12H,2-9H2,1H3. The molecule has 0 aliphatic heterocycles. The van der Waals surface area contributed by atoms with Crippen LogP contribution in [0.3, 0.4) is 0 Å². The Morgan fingerprint density at radius 2 is 2.00 bits per heavy atom. The Labute approximate surface area is 86.3 Å². The van der Waals surface area contributed by atoms with Crippen LogP contribution in [0, 0.1) is 5.92 Å². The minimum Gasteiger partial charge on any atom is -0.395 e. The molecule has 0 amide bonds. The Bertz CT molecular complexity index is 119. The third-order valence-corrected chi connectivity index (χ3v) is 4.07. The molecule has 1 aliphatic rings. The third-order valence-electron chi connectivity index (χ3n) is 2.93. The van der Waals surface area contributed by atoms with E-state index >= 15 is 0 Å². The first-order valence-electron chi connectivity index (χ1n) is 5.59. The molecule has 1 fully saturated rings. The molecular weight excluding hydrogens is 180 g/mol. The van der Waals surface area contributed by atoms with Crippen LogP contribution in [0.15, 0.2) is 0 Å². The van der Waals surface area contributed by atoms with Crippen molar-refractivity contribution in [1.82, 2.24) is 0 Å². The topological polar surface area (TPSA) is 20.2 Å². The molecule has 0 spiro atoms. The van der Waals surface area contributed by atoms with Gasteiger partial charge in [-0.25, -0.2) is 0 Å². The fourth-order valence-electron chi connectivity index (χ4n) is 2.23. The molecule has 1 rings (SSSR count). The Hall–Kier alpha value is 0.310. The quantitative estimate of drug-likeness (QED) is 0.739. The molecule has 0 saturated heterocycles. The van der Waals surface area contributed by atoms with E-state index in [0.29, 0.717) is 11.9 Å². The van der Waals surface area contributed by atoms with Gasteiger partial charge in [0.15, 0.2) is 0 Å². The fraction of sp³-hybridized carbons (Fsp3) is 1.00. The van der Waals surface area contributed by atoms with Crippen LogP contribution in [0.5, 0.6) is 0 Å². The van der Waals surface area contributed by atoms with Gasteiger partial charge in [-0.1, -0.05) is 39.0 Å². The van der Waals surface area contributed by atoms with Crippen LogP contribution in [-0.4, -0.2) is 22.7 Å². The second-order valence-electron chi connectivity index (χ2n) is 4.00. The van der Waals surface area contributed by atoms with Crippen LogP contribution in [0.2, 0.25) is 0 Å². The lowest BCUT2D eigenvalue weighted by Gasteiger charge is -2.25. The first-order valence-corrected chi connectivity index (χ1v) is 6.64. The molecule has 1 aliphatic carbocycles. The smallest absolute Gasteiger partial charge is 0.0550 e. The summed E-state index contributed by atoms with van der Waals surface area (Å²) >= 11 is 1.92. The van der Waals surface area contributed by atoms with E-state index in [1.807, 2.05) is 11.8 Å². The predicted octanol–water partition coefficient (Wildman–Crippen LogP) is 3.07. The summed E-state index contributed by atoms with van der Waals surface area (Å²) in [6.07, 6.45) is 8.32. The molecule has 2 heteroatoms. The number of hydrogen-bond acceptors (Lipinski definition) is 2. The monoisotopic (exact) mass is 202 g/mol. The largest absolute Gasteiger partial charge is 0.395 e. The molecule has 1 nitrogen and oxygen atoms in total. The van der Waals surface area contributed by atoms with Gasteiger partial charge in [0.05, 0.1) is 6.61 Å². The SMILES string of the molecule is CCSC(CO)CC1CCCCC1. The van der Waals surface area contributed by atoms with Gasteiger partial charge >= 0.3 is 0 Å². The summed E-state index contributed by atoms with van der Waals surface area (Å²) in [7, 11) is 0. The average Bonchev–Trinajstić information content (AvgIpc) is 2.19.